The summed E-state index contributed by atoms with van der Waals surface area (Å²) in [6.45, 7) is 0.908. The Hall–Kier alpha value is -1.66. The van der Waals surface area contributed by atoms with Crippen molar-refractivity contribution in [1.29, 1.82) is 0 Å². The number of hydrogen-bond acceptors (Lipinski definition) is 3. The monoisotopic (exact) mass is 380 g/mol. The highest BCUT2D eigenvalue weighted by Crippen LogP contribution is 2.12. The van der Waals surface area contributed by atoms with E-state index in [1.807, 2.05) is 35.7 Å². The van der Waals surface area contributed by atoms with Crippen LogP contribution in [0.25, 0.3) is 0 Å². The van der Waals surface area contributed by atoms with Crippen molar-refractivity contribution in [3.05, 3.63) is 56.7 Å². The number of halogens is 1. The minimum atomic E-state index is -0.127. The van der Waals surface area contributed by atoms with E-state index in [9.17, 15) is 9.59 Å². The molecule has 6 heteroatoms. The summed E-state index contributed by atoms with van der Waals surface area (Å²) in [5.41, 5.74) is 1.07. The summed E-state index contributed by atoms with van der Waals surface area (Å²) in [7, 11) is 1.77. The second-order valence-electron chi connectivity index (χ2n) is 4.86. The molecule has 0 saturated carbocycles. The van der Waals surface area contributed by atoms with Gasteiger partial charge in [0.1, 0.15) is 0 Å². The van der Waals surface area contributed by atoms with Crippen molar-refractivity contribution in [3.8, 4) is 0 Å². The molecule has 1 aromatic carbocycles. The average Bonchev–Trinajstić information content (AvgIpc) is 3.03. The smallest absolute Gasteiger partial charge is 0.261 e. The Morgan fingerprint density at radius 3 is 2.59 bits per heavy atom. The number of rotatable bonds is 6. The maximum Gasteiger partial charge on any atom is 0.261 e. The van der Waals surface area contributed by atoms with Gasteiger partial charge >= 0.3 is 0 Å². The maximum atomic E-state index is 12.1. The van der Waals surface area contributed by atoms with Crippen LogP contribution in [-0.2, 0) is 11.3 Å². The number of nitrogens with one attached hydrogen (secondary N) is 1. The van der Waals surface area contributed by atoms with Crippen LogP contribution in [0, 0.1) is 0 Å². The highest BCUT2D eigenvalue weighted by atomic mass is 79.9. The molecule has 1 heterocycles. The molecule has 0 atom stereocenters. The second kappa shape index (κ2) is 8.10. The molecule has 2 rings (SSSR count). The highest BCUT2D eigenvalue weighted by Gasteiger charge is 2.11. The van der Waals surface area contributed by atoms with Crippen LogP contribution in [0.4, 0.5) is 0 Å². The first-order chi connectivity index (χ1) is 10.6. The van der Waals surface area contributed by atoms with Gasteiger partial charge in [0, 0.05) is 31.0 Å². The maximum absolute atomic E-state index is 12.1. The first-order valence-corrected chi connectivity index (χ1v) is 8.53. The molecule has 2 amide bonds. The van der Waals surface area contributed by atoms with Gasteiger partial charge in [0.15, 0.2) is 0 Å². The zero-order valence-electron chi connectivity index (χ0n) is 12.2. The second-order valence-corrected chi connectivity index (χ2v) is 6.72. The van der Waals surface area contributed by atoms with E-state index >= 15 is 0 Å². The van der Waals surface area contributed by atoms with Gasteiger partial charge in [-0.3, -0.25) is 9.59 Å². The van der Waals surface area contributed by atoms with Gasteiger partial charge in [-0.15, -0.1) is 11.3 Å². The molecular formula is C16H17BrN2O2S. The van der Waals surface area contributed by atoms with E-state index in [1.165, 1.54) is 11.3 Å². The summed E-state index contributed by atoms with van der Waals surface area (Å²) >= 11 is 4.77. The molecule has 0 saturated heterocycles. The van der Waals surface area contributed by atoms with Crippen molar-refractivity contribution in [2.45, 2.75) is 13.0 Å². The third kappa shape index (κ3) is 4.96. The molecule has 0 fully saturated rings. The fraction of sp³-hybridized carbons (Fsp3) is 0.250. The predicted molar refractivity (Wildman–Crippen MR) is 91.9 cm³/mol. The number of nitrogens with zero attached hydrogens (tertiary/aromatic N) is 1. The minimum absolute atomic E-state index is 0.00870. The van der Waals surface area contributed by atoms with Crippen LogP contribution in [-0.4, -0.2) is 30.3 Å². The van der Waals surface area contributed by atoms with Crippen LogP contribution in [0.15, 0.2) is 46.3 Å². The van der Waals surface area contributed by atoms with Gasteiger partial charge in [-0.2, -0.15) is 0 Å². The van der Waals surface area contributed by atoms with Crippen molar-refractivity contribution in [2.75, 3.05) is 13.6 Å². The zero-order chi connectivity index (χ0) is 15.9. The van der Waals surface area contributed by atoms with E-state index in [4.69, 9.17) is 0 Å². The van der Waals surface area contributed by atoms with Crippen LogP contribution in [0.2, 0.25) is 0 Å². The fourth-order valence-electron chi connectivity index (χ4n) is 1.92. The number of carbonyl (C=O) groups is 2. The van der Waals surface area contributed by atoms with Gasteiger partial charge in [-0.1, -0.05) is 34.1 Å². The molecule has 4 nitrogen and oxygen atoms in total. The van der Waals surface area contributed by atoms with Crippen LogP contribution >= 0.6 is 27.3 Å². The Kier molecular flexibility index (Phi) is 6.15. The van der Waals surface area contributed by atoms with Crippen LogP contribution < -0.4 is 5.32 Å². The molecule has 0 bridgehead atoms. The van der Waals surface area contributed by atoms with E-state index in [2.05, 4.69) is 21.2 Å². The summed E-state index contributed by atoms with van der Waals surface area (Å²) in [5, 5.41) is 4.61. The summed E-state index contributed by atoms with van der Waals surface area (Å²) in [6, 6.07) is 11.5. The van der Waals surface area contributed by atoms with Gasteiger partial charge < -0.3 is 10.2 Å². The predicted octanol–water partition coefficient (Wildman–Crippen LogP) is 3.29. The molecule has 22 heavy (non-hydrogen) atoms. The molecule has 0 spiro atoms. The van der Waals surface area contributed by atoms with E-state index in [0.29, 0.717) is 24.4 Å². The normalized spacial score (nSPS) is 10.3. The molecule has 116 valence electrons. The third-order valence-corrected chi connectivity index (χ3v) is 4.53. The minimum Gasteiger partial charge on any atom is -0.351 e. The van der Waals surface area contributed by atoms with Gasteiger partial charge in [-0.25, -0.2) is 0 Å². The Bertz CT molecular complexity index is 626. The van der Waals surface area contributed by atoms with Crippen LogP contribution in [0.3, 0.4) is 0 Å². The van der Waals surface area contributed by atoms with E-state index in [0.717, 1.165) is 10.0 Å². The first-order valence-electron chi connectivity index (χ1n) is 6.86. The van der Waals surface area contributed by atoms with E-state index in [1.54, 1.807) is 18.0 Å². The lowest BCUT2D eigenvalue weighted by atomic mass is 10.2. The van der Waals surface area contributed by atoms with Crippen LogP contribution in [0.5, 0.6) is 0 Å². The lowest BCUT2D eigenvalue weighted by Crippen LogP contribution is -2.31. The van der Waals surface area contributed by atoms with Gasteiger partial charge in [-0.05, 0) is 29.1 Å². The largest absolute Gasteiger partial charge is 0.351 e. The lowest BCUT2D eigenvalue weighted by molar-refractivity contribution is -0.130. The molecule has 0 radical (unpaired) electrons. The SMILES string of the molecule is CN(Cc1ccc(Br)cc1)C(=O)CCNC(=O)c1cccs1. The lowest BCUT2D eigenvalue weighted by Gasteiger charge is -2.17. The summed E-state index contributed by atoms with van der Waals surface area (Å²) in [5.74, 6) is -0.118. The van der Waals surface area contributed by atoms with E-state index in [-0.39, 0.29) is 11.8 Å². The van der Waals surface area contributed by atoms with Crippen molar-refractivity contribution in [1.82, 2.24) is 10.2 Å². The topological polar surface area (TPSA) is 49.4 Å². The molecular weight excluding hydrogens is 364 g/mol. The highest BCUT2D eigenvalue weighted by molar-refractivity contribution is 9.10. The number of thiophene rings is 1. The Morgan fingerprint density at radius 1 is 1.23 bits per heavy atom. The molecule has 0 unspecified atom stereocenters. The zero-order valence-corrected chi connectivity index (χ0v) is 14.6. The van der Waals surface area contributed by atoms with Gasteiger partial charge in [0.2, 0.25) is 5.91 Å². The number of amides is 2. The summed E-state index contributed by atoms with van der Waals surface area (Å²) < 4.78 is 1.02. The third-order valence-electron chi connectivity index (χ3n) is 3.13. The van der Waals surface area contributed by atoms with Crippen molar-refractivity contribution >= 4 is 39.1 Å². The van der Waals surface area contributed by atoms with Crippen molar-refractivity contribution < 1.29 is 9.59 Å². The number of carbonyl (C=O) groups excluding carboxylic acids is 2. The van der Waals surface area contributed by atoms with Crippen molar-refractivity contribution in [3.63, 3.8) is 0 Å². The average molecular weight is 381 g/mol. The Balaban J connectivity index is 1.74. The number of hydrogen-bond donors (Lipinski definition) is 1. The molecule has 0 aliphatic heterocycles. The van der Waals surface area contributed by atoms with Crippen molar-refractivity contribution in [2.24, 2.45) is 0 Å². The van der Waals surface area contributed by atoms with Gasteiger partial charge in [0.05, 0.1) is 4.88 Å². The Morgan fingerprint density at radius 2 is 1.95 bits per heavy atom. The first kappa shape index (κ1) is 16.7. The summed E-state index contributed by atoms with van der Waals surface area (Å²) in [4.78, 5) is 26.1. The van der Waals surface area contributed by atoms with Crippen LogP contribution in [0.1, 0.15) is 21.7 Å². The quantitative estimate of drug-likeness (QED) is 0.835. The Labute approximate surface area is 142 Å². The molecule has 0 aliphatic carbocycles. The molecule has 1 aromatic heterocycles. The molecule has 2 aromatic rings. The fourth-order valence-corrected chi connectivity index (χ4v) is 2.82. The molecule has 1 N–H and O–H groups in total. The van der Waals surface area contributed by atoms with E-state index < -0.39 is 0 Å². The summed E-state index contributed by atoms with van der Waals surface area (Å²) in [6.07, 6.45) is 0.296. The van der Waals surface area contributed by atoms with Gasteiger partial charge in [0.25, 0.3) is 5.91 Å². The standard InChI is InChI=1S/C16H17BrN2O2S/c1-19(11-12-4-6-13(17)7-5-12)15(20)8-9-18-16(21)14-3-2-10-22-14/h2-7,10H,8-9,11H2,1H3,(H,18,21). The number of benzene rings is 1. The molecule has 0 aliphatic rings.